The van der Waals surface area contributed by atoms with Gasteiger partial charge in [0, 0.05) is 16.1 Å². The van der Waals surface area contributed by atoms with Gasteiger partial charge in [-0.3, -0.25) is 4.79 Å². The molecule has 0 saturated heterocycles. The number of hydrazone groups is 1. The highest BCUT2D eigenvalue weighted by atomic mass is 35.5. The number of benzene rings is 3. The zero-order valence-corrected chi connectivity index (χ0v) is 19.2. The second-order valence-corrected chi connectivity index (χ2v) is 7.76. The number of amides is 1. The molecule has 0 bridgehead atoms. The van der Waals surface area contributed by atoms with E-state index in [2.05, 4.69) is 10.5 Å². The van der Waals surface area contributed by atoms with E-state index in [1.165, 1.54) is 12.3 Å². The molecule has 0 spiro atoms. The predicted molar refractivity (Wildman–Crippen MR) is 126 cm³/mol. The van der Waals surface area contributed by atoms with E-state index < -0.39 is 5.91 Å². The molecule has 3 rings (SSSR count). The van der Waals surface area contributed by atoms with Crippen LogP contribution in [0.15, 0.2) is 65.8 Å². The molecule has 0 unspecified atom stereocenters. The molecule has 1 N–H and O–H groups in total. The lowest BCUT2D eigenvalue weighted by atomic mass is 10.2. The largest absolute Gasteiger partial charge is 0.493 e. The smallest absolute Gasteiger partial charge is 0.277 e. The van der Waals surface area contributed by atoms with Crippen molar-refractivity contribution >= 4 is 46.9 Å². The lowest BCUT2D eigenvalue weighted by molar-refractivity contribution is -0.123. The molecule has 32 heavy (non-hydrogen) atoms. The second-order valence-electron chi connectivity index (χ2n) is 6.48. The average Bonchev–Trinajstić information content (AvgIpc) is 2.79. The molecule has 0 aliphatic carbocycles. The van der Waals surface area contributed by atoms with E-state index in [-0.39, 0.29) is 6.61 Å². The minimum Gasteiger partial charge on any atom is -0.493 e. The van der Waals surface area contributed by atoms with Gasteiger partial charge in [0.15, 0.2) is 18.1 Å². The molecule has 6 nitrogen and oxygen atoms in total. The fraction of sp³-hybridized carbons (Fsp3) is 0.130. The van der Waals surface area contributed by atoms with Gasteiger partial charge in [-0.1, -0.05) is 46.9 Å². The van der Waals surface area contributed by atoms with Gasteiger partial charge in [-0.15, -0.1) is 0 Å². The van der Waals surface area contributed by atoms with Gasteiger partial charge >= 0.3 is 0 Å². The highest BCUT2D eigenvalue weighted by Gasteiger charge is 2.08. The molecule has 1 amide bonds. The van der Waals surface area contributed by atoms with Gasteiger partial charge in [0.05, 0.1) is 18.3 Å². The van der Waals surface area contributed by atoms with Crippen LogP contribution in [-0.2, 0) is 11.4 Å². The quantitative estimate of drug-likeness (QED) is 0.304. The summed E-state index contributed by atoms with van der Waals surface area (Å²) in [6.45, 7) is 0.103. The summed E-state index contributed by atoms with van der Waals surface area (Å²) < 4.78 is 16.6. The average molecular weight is 494 g/mol. The van der Waals surface area contributed by atoms with Crippen LogP contribution in [0.5, 0.6) is 17.2 Å². The van der Waals surface area contributed by atoms with E-state index in [1.807, 2.05) is 12.1 Å². The molecule has 0 aliphatic heterocycles. The van der Waals surface area contributed by atoms with Gasteiger partial charge in [0.2, 0.25) is 0 Å². The molecular formula is C23H19Cl3N2O4. The Morgan fingerprint density at radius 2 is 1.66 bits per heavy atom. The van der Waals surface area contributed by atoms with Crippen molar-refractivity contribution in [1.29, 1.82) is 0 Å². The van der Waals surface area contributed by atoms with E-state index >= 15 is 0 Å². The summed E-state index contributed by atoms with van der Waals surface area (Å²) in [5, 5.41) is 5.41. The standard InChI is InChI=1S/C23H19Cl3N2O4/c1-30-22-10-16(4-9-20(22)31-13-15-2-5-17(24)6-3-15)12-27-28-23(29)14-32-21-11-18(25)7-8-19(21)26/h2-12H,13-14H2,1H3,(H,28,29)/b27-12+. The molecule has 0 saturated carbocycles. The highest BCUT2D eigenvalue weighted by molar-refractivity contribution is 6.34. The van der Waals surface area contributed by atoms with Crippen molar-refractivity contribution in [3.8, 4) is 17.2 Å². The third kappa shape index (κ3) is 7.05. The van der Waals surface area contributed by atoms with Crippen LogP contribution in [0.4, 0.5) is 0 Å². The lowest BCUT2D eigenvalue weighted by Gasteiger charge is -2.11. The fourth-order valence-electron chi connectivity index (χ4n) is 2.57. The summed E-state index contributed by atoms with van der Waals surface area (Å²) in [4.78, 5) is 11.9. The Bertz CT molecular complexity index is 1100. The number of methoxy groups -OCH3 is 1. The predicted octanol–water partition coefficient (Wildman–Crippen LogP) is 5.76. The molecule has 3 aromatic rings. The highest BCUT2D eigenvalue weighted by Crippen LogP contribution is 2.29. The summed E-state index contributed by atoms with van der Waals surface area (Å²) in [7, 11) is 1.55. The maximum Gasteiger partial charge on any atom is 0.277 e. The number of nitrogens with zero attached hydrogens (tertiary/aromatic N) is 1. The Labute approximate surface area is 200 Å². The maximum absolute atomic E-state index is 11.9. The monoisotopic (exact) mass is 492 g/mol. The van der Waals surface area contributed by atoms with Crippen molar-refractivity contribution in [2.45, 2.75) is 6.61 Å². The number of carbonyl (C=O) groups is 1. The molecule has 0 aliphatic rings. The normalized spacial score (nSPS) is 10.8. The van der Waals surface area contributed by atoms with E-state index in [1.54, 1.807) is 49.6 Å². The van der Waals surface area contributed by atoms with Gasteiger partial charge in [-0.2, -0.15) is 5.10 Å². The first-order valence-corrected chi connectivity index (χ1v) is 10.5. The van der Waals surface area contributed by atoms with Crippen molar-refractivity contribution in [1.82, 2.24) is 5.43 Å². The molecule has 3 aromatic carbocycles. The molecule has 0 atom stereocenters. The molecule has 166 valence electrons. The summed E-state index contributed by atoms with van der Waals surface area (Å²) in [5.41, 5.74) is 4.07. The number of halogens is 3. The van der Waals surface area contributed by atoms with Crippen LogP contribution in [-0.4, -0.2) is 25.8 Å². The third-order valence-corrected chi connectivity index (χ3v) is 4.95. The van der Waals surface area contributed by atoms with Gasteiger partial charge in [-0.05, 0) is 53.6 Å². The van der Waals surface area contributed by atoms with Gasteiger partial charge in [0.1, 0.15) is 12.4 Å². The Balaban J connectivity index is 1.53. The first-order chi connectivity index (χ1) is 15.4. The zero-order chi connectivity index (χ0) is 22.9. The summed E-state index contributed by atoms with van der Waals surface area (Å²) in [6.07, 6.45) is 1.48. The number of carbonyl (C=O) groups excluding carboxylic acids is 1. The number of ether oxygens (including phenoxy) is 3. The topological polar surface area (TPSA) is 69.2 Å². The zero-order valence-electron chi connectivity index (χ0n) is 17.0. The number of nitrogens with one attached hydrogen (secondary N) is 1. The van der Waals surface area contributed by atoms with Crippen LogP contribution in [0.3, 0.4) is 0 Å². The third-order valence-electron chi connectivity index (χ3n) is 4.15. The molecule has 0 fully saturated rings. The SMILES string of the molecule is COc1cc(/C=N/NC(=O)COc2cc(Cl)ccc2Cl)ccc1OCc1ccc(Cl)cc1. The molecule has 9 heteroatoms. The first kappa shape index (κ1) is 23.7. The number of hydrogen-bond donors (Lipinski definition) is 1. The summed E-state index contributed by atoms with van der Waals surface area (Å²) >= 11 is 17.8. The molecule has 0 heterocycles. The minimum atomic E-state index is -0.452. The van der Waals surface area contributed by atoms with Crippen LogP contribution in [0, 0.1) is 0 Å². The summed E-state index contributed by atoms with van der Waals surface area (Å²) in [6, 6.07) is 17.4. The number of rotatable bonds is 9. The van der Waals surface area contributed by atoms with Crippen LogP contribution < -0.4 is 19.6 Å². The number of hydrogen-bond acceptors (Lipinski definition) is 5. The first-order valence-electron chi connectivity index (χ1n) is 9.39. The minimum absolute atomic E-state index is 0.266. The van der Waals surface area contributed by atoms with Gasteiger partial charge in [0.25, 0.3) is 5.91 Å². The lowest BCUT2D eigenvalue weighted by Crippen LogP contribution is -2.24. The van der Waals surface area contributed by atoms with Crippen molar-refractivity contribution in [2.24, 2.45) is 5.10 Å². The van der Waals surface area contributed by atoms with Crippen molar-refractivity contribution in [3.63, 3.8) is 0 Å². The fourth-order valence-corrected chi connectivity index (χ4v) is 3.03. The van der Waals surface area contributed by atoms with Crippen LogP contribution >= 0.6 is 34.8 Å². The Kier molecular flexibility index (Phi) is 8.62. The molecule has 0 aromatic heterocycles. The van der Waals surface area contributed by atoms with Gasteiger partial charge < -0.3 is 14.2 Å². The summed E-state index contributed by atoms with van der Waals surface area (Å²) in [5.74, 6) is 0.980. The van der Waals surface area contributed by atoms with E-state index in [4.69, 9.17) is 49.0 Å². The maximum atomic E-state index is 11.9. The van der Waals surface area contributed by atoms with Crippen LogP contribution in [0.2, 0.25) is 15.1 Å². The van der Waals surface area contributed by atoms with Crippen LogP contribution in [0.25, 0.3) is 0 Å². The van der Waals surface area contributed by atoms with E-state index in [0.29, 0.717) is 44.5 Å². The van der Waals surface area contributed by atoms with Crippen molar-refractivity contribution in [3.05, 3.63) is 86.9 Å². The van der Waals surface area contributed by atoms with Crippen LogP contribution in [0.1, 0.15) is 11.1 Å². The molecule has 0 radical (unpaired) electrons. The molecular weight excluding hydrogens is 475 g/mol. The second kappa shape index (κ2) is 11.6. The van der Waals surface area contributed by atoms with Gasteiger partial charge in [-0.25, -0.2) is 5.43 Å². The van der Waals surface area contributed by atoms with Crippen molar-refractivity contribution < 1.29 is 19.0 Å². The van der Waals surface area contributed by atoms with E-state index in [9.17, 15) is 4.79 Å². The van der Waals surface area contributed by atoms with Crippen molar-refractivity contribution in [2.75, 3.05) is 13.7 Å². The Morgan fingerprint density at radius 3 is 2.41 bits per heavy atom. The Hall–Kier alpha value is -2.93. The van der Waals surface area contributed by atoms with E-state index in [0.717, 1.165) is 5.56 Å². The Morgan fingerprint density at radius 1 is 0.906 bits per heavy atom.